The van der Waals surface area contributed by atoms with Gasteiger partial charge in [-0.1, -0.05) is 54.6 Å². The number of carbonyl (C=O) groups is 1. The third-order valence-electron chi connectivity index (χ3n) is 6.12. The Hall–Kier alpha value is -3.40. The Labute approximate surface area is 178 Å². The molecule has 4 aromatic rings. The molecule has 0 unspecified atom stereocenters. The lowest BCUT2D eigenvalue weighted by atomic mass is 9.90. The van der Waals surface area contributed by atoms with Crippen molar-refractivity contribution < 1.29 is 6.22 Å². The first kappa shape index (κ1) is 18.6. The fraction of sp³-hybridized carbons (Fsp3) is 0.231. The predicted octanol–water partition coefficient (Wildman–Crippen LogP) is 5.60. The van der Waals surface area contributed by atoms with Gasteiger partial charge in [-0.15, -0.1) is 0 Å². The third kappa shape index (κ3) is 3.61. The highest BCUT2D eigenvalue weighted by Crippen LogP contribution is 2.32. The Bertz CT molecular complexity index is 1150. The second-order valence-electron chi connectivity index (χ2n) is 8.03. The summed E-state index contributed by atoms with van der Waals surface area (Å²) in [6.45, 7) is 0.625. The monoisotopic (exact) mass is 397 g/mol. The van der Waals surface area contributed by atoms with Crippen molar-refractivity contribution in [3.05, 3.63) is 90.3 Å². The summed E-state index contributed by atoms with van der Waals surface area (Å²) in [5.41, 5.74) is 5.39. The molecule has 0 aliphatic heterocycles. The van der Waals surface area contributed by atoms with Crippen LogP contribution in [0.2, 0.25) is 0 Å². The van der Waals surface area contributed by atoms with Gasteiger partial charge >= 0.3 is 0 Å². The Balaban J connectivity index is 0.00000231. The molecular formula is C26H27N3O. The highest BCUT2D eigenvalue weighted by Gasteiger charge is 2.30. The highest BCUT2D eigenvalue weighted by molar-refractivity contribution is 5.95. The number of rotatable bonds is 6. The molecule has 0 spiro atoms. The minimum Gasteiger partial charge on any atom is -0.354 e. The molecule has 1 aliphatic rings. The van der Waals surface area contributed by atoms with E-state index in [0.29, 0.717) is 19.0 Å². The fourth-order valence-corrected chi connectivity index (χ4v) is 4.30. The number of hydrogen-bond acceptors (Lipinski definition) is 2. The van der Waals surface area contributed by atoms with Gasteiger partial charge in [0.2, 0.25) is 5.91 Å². The van der Waals surface area contributed by atoms with Crippen LogP contribution in [0.15, 0.2) is 79.1 Å². The predicted molar refractivity (Wildman–Crippen MR) is 122 cm³/mol. The van der Waals surface area contributed by atoms with Gasteiger partial charge in [0.25, 0.3) is 0 Å². The normalized spacial score (nSPS) is 13.9. The quantitative estimate of drug-likeness (QED) is 0.460. The van der Waals surface area contributed by atoms with E-state index in [1.807, 2.05) is 48.7 Å². The first-order valence-corrected chi connectivity index (χ1v) is 10.6. The van der Waals surface area contributed by atoms with E-state index in [-0.39, 0.29) is 7.33 Å². The molecule has 2 heterocycles. The van der Waals surface area contributed by atoms with E-state index >= 15 is 0 Å². The number of amides is 1. The number of nitrogens with one attached hydrogen (secondary N) is 1. The summed E-state index contributed by atoms with van der Waals surface area (Å²) >= 11 is 0. The number of fused-ring (bicyclic) bond motifs is 1. The van der Waals surface area contributed by atoms with Crippen LogP contribution in [0.1, 0.15) is 31.8 Å². The van der Waals surface area contributed by atoms with Gasteiger partial charge in [-0.05, 0) is 48.1 Å². The number of aromatic nitrogens is 2. The molecule has 152 valence electrons. The van der Waals surface area contributed by atoms with Crippen molar-refractivity contribution in [2.24, 2.45) is 0 Å². The molecule has 0 atom stereocenters. The fourth-order valence-electron chi connectivity index (χ4n) is 4.30. The van der Waals surface area contributed by atoms with Crippen LogP contribution in [-0.2, 0) is 17.8 Å². The van der Waals surface area contributed by atoms with Crippen molar-refractivity contribution in [1.82, 2.24) is 14.9 Å². The first-order chi connectivity index (χ1) is 14.8. The summed E-state index contributed by atoms with van der Waals surface area (Å²) in [7, 11) is 0. The molecule has 2 aromatic carbocycles. The third-order valence-corrected chi connectivity index (χ3v) is 6.12. The Morgan fingerprint density at radius 1 is 1.03 bits per heavy atom. The molecule has 30 heavy (non-hydrogen) atoms. The second-order valence-corrected chi connectivity index (χ2v) is 8.03. The summed E-state index contributed by atoms with van der Waals surface area (Å²) in [6.07, 6.45) is 7.41. The molecule has 1 amide bonds. The topological polar surface area (TPSA) is 49.0 Å². The lowest BCUT2D eigenvalue weighted by molar-refractivity contribution is -0.135. The van der Waals surface area contributed by atoms with E-state index in [4.69, 9.17) is 0 Å². The zero-order valence-corrected chi connectivity index (χ0v) is 16.9. The Morgan fingerprint density at radius 2 is 1.83 bits per heavy atom. The maximum Gasteiger partial charge on any atom is 0.227 e. The maximum atomic E-state index is 13.6. The van der Waals surface area contributed by atoms with Crippen LogP contribution in [0.4, 0.5) is 0 Å². The van der Waals surface area contributed by atoms with Gasteiger partial charge < -0.3 is 9.88 Å². The summed E-state index contributed by atoms with van der Waals surface area (Å²) in [4.78, 5) is 23.4. The second kappa shape index (κ2) is 8.15. The van der Waals surface area contributed by atoms with E-state index in [9.17, 15) is 4.79 Å². The molecule has 2 aromatic heterocycles. The molecule has 0 bridgehead atoms. The average molecular weight is 398 g/mol. The molecule has 1 aliphatic carbocycles. The molecule has 0 radical (unpaired) electrons. The molecular weight excluding hydrogens is 370 g/mol. The van der Waals surface area contributed by atoms with Crippen molar-refractivity contribution in [2.45, 2.75) is 38.3 Å². The SMILES string of the molecule is O=C(Cc1c(-c2ccccc2)[nH]c2ccccc12)N(Cc1cccnc1)C1CCC1.[HH]. The minimum absolute atomic E-state index is 0. The molecule has 1 saturated carbocycles. The van der Waals surface area contributed by atoms with Crippen molar-refractivity contribution in [3.63, 3.8) is 0 Å². The number of benzene rings is 2. The van der Waals surface area contributed by atoms with Gasteiger partial charge in [0.05, 0.1) is 12.1 Å². The van der Waals surface area contributed by atoms with Crippen LogP contribution >= 0.6 is 0 Å². The zero-order valence-electron chi connectivity index (χ0n) is 16.9. The van der Waals surface area contributed by atoms with Gasteiger partial charge in [-0.25, -0.2) is 0 Å². The number of nitrogens with zero attached hydrogens (tertiary/aromatic N) is 2. The summed E-state index contributed by atoms with van der Waals surface area (Å²) in [6, 6.07) is 22.9. The van der Waals surface area contributed by atoms with Gasteiger partial charge in [0.15, 0.2) is 0 Å². The van der Waals surface area contributed by atoms with Crippen molar-refractivity contribution in [3.8, 4) is 11.3 Å². The first-order valence-electron chi connectivity index (χ1n) is 10.6. The Morgan fingerprint density at radius 3 is 2.57 bits per heavy atom. The Kier molecular flexibility index (Phi) is 5.06. The van der Waals surface area contributed by atoms with E-state index in [0.717, 1.165) is 46.1 Å². The van der Waals surface area contributed by atoms with E-state index in [1.165, 1.54) is 6.42 Å². The van der Waals surface area contributed by atoms with Gasteiger partial charge in [0.1, 0.15) is 0 Å². The van der Waals surface area contributed by atoms with Crippen molar-refractivity contribution in [1.29, 1.82) is 0 Å². The van der Waals surface area contributed by atoms with E-state index < -0.39 is 0 Å². The lowest BCUT2D eigenvalue weighted by Crippen LogP contribution is -2.44. The molecule has 4 nitrogen and oxygen atoms in total. The van der Waals surface area contributed by atoms with E-state index in [2.05, 4.69) is 39.1 Å². The van der Waals surface area contributed by atoms with Gasteiger partial charge in [-0.3, -0.25) is 9.78 Å². The zero-order chi connectivity index (χ0) is 20.3. The number of H-pyrrole nitrogens is 1. The highest BCUT2D eigenvalue weighted by atomic mass is 16.2. The molecule has 1 fully saturated rings. The standard InChI is InChI=1S/C26H25N3O.H2/c30-25(29(21-11-6-12-21)18-19-8-7-15-27-17-19)16-23-22-13-4-5-14-24(22)28-26(23)20-9-2-1-3-10-20;/h1-5,7-10,13-15,17,21,28H,6,11-12,16,18H2;1H. The summed E-state index contributed by atoms with van der Waals surface area (Å²) in [5, 5.41) is 1.12. The largest absolute Gasteiger partial charge is 0.354 e. The molecule has 1 N–H and O–H groups in total. The van der Waals surface area contributed by atoms with Crippen LogP contribution in [0.5, 0.6) is 0 Å². The van der Waals surface area contributed by atoms with Crippen LogP contribution in [-0.4, -0.2) is 26.8 Å². The lowest BCUT2D eigenvalue weighted by Gasteiger charge is -2.37. The minimum atomic E-state index is 0. The average Bonchev–Trinajstić information content (AvgIpc) is 3.12. The van der Waals surface area contributed by atoms with Gasteiger partial charge in [-0.2, -0.15) is 0 Å². The molecule has 5 rings (SSSR count). The van der Waals surface area contributed by atoms with Crippen LogP contribution in [0, 0.1) is 0 Å². The molecule has 4 heteroatoms. The molecule has 0 saturated heterocycles. The maximum absolute atomic E-state index is 13.6. The van der Waals surface area contributed by atoms with E-state index in [1.54, 1.807) is 6.20 Å². The van der Waals surface area contributed by atoms with Gasteiger partial charge in [0, 0.05) is 37.3 Å². The van der Waals surface area contributed by atoms with Crippen molar-refractivity contribution in [2.75, 3.05) is 0 Å². The number of para-hydroxylation sites is 1. The summed E-state index contributed by atoms with van der Waals surface area (Å²) in [5.74, 6) is 0.186. The summed E-state index contributed by atoms with van der Waals surface area (Å²) < 4.78 is 0. The van der Waals surface area contributed by atoms with Crippen LogP contribution in [0.3, 0.4) is 0 Å². The number of aromatic amines is 1. The van der Waals surface area contributed by atoms with Crippen molar-refractivity contribution >= 4 is 16.8 Å². The van der Waals surface area contributed by atoms with Crippen LogP contribution in [0.25, 0.3) is 22.2 Å². The number of pyridine rings is 1. The number of carbonyl (C=O) groups excluding carboxylic acids is 1. The number of hydrogen-bond donors (Lipinski definition) is 1. The smallest absolute Gasteiger partial charge is 0.227 e. The van der Waals surface area contributed by atoms with Crippen LogP contribution < -0.4 is 0 Å².